The average molecular weight is 320 g/mol. The Morgan fingerprint density at radius 2 is 2.15 bits per heavy atom. The molecule has 1 aromatic rings. The van der Waals surface area contributed by atoms with Crippen LogP contribution >= 0.6 is 11.6 Å². The first kappa shape index (κ1) is 17.6. The second-order valence-corrected chi connectivity index (χ2v) is 6.12. The number of fused-ring (bicyclic) bond motifs is 1. The highest BCUT2D eigenvalue weighted by molar-refractivity contribution is 6.30. The van der Waals surface area contributed by atoms with Gasteiger partial charge < -0.3 is 27.2 Å². The van der Waals surface area contributed by atoms with Crippen molar-refractivity contribution < 1.29 is 27.2 Å². The van der Waals surface area contributed by atoms with Gasteiger partial charge in [0.25, 0.3) is 0 Å². The molecule has 1 heterocycles. The lowest BCUT2D eigenvalue weighted by Crippen LogP contribution is -3.05. The number of halogens is 2. The maximum absolute atomic E-state index is 11.0. The van der Waals surface area contributed by atoms with Gasteiger partial charge in [-0.1, -0.05) is 17.7 Å². The normalized spacial score (nSPS) is 21.6. The maximum Gasteiger partial charge on any atom is 0.126 e. The number of nitrogens with one attached hydrogen (secondary N) is 1. The summed E-state index contributed by atoms with van der Waals surface area (Å²) in [5.41, 5.74) is 0.120. The van der Waals surface area contributed by atoms with E-state index in [4.69, 9.17) is 16.3 Å². The summed E-state index contributed by atoms with van der Waals surface area (Å²) in [7, 11) is 4.27. The molecule has 3 nitrogen and oxygen atoms in total. The largest absolute Gasteiger partial charge is 1.00 e. The Morgan fingerprint density at radius 1 is 1.40 bits per heavy atom. The van der Waals surface area contributed by atoms with Gasteiger partial charge in [-0.05, 0) is 37.8 Å². The summed E-state index contributed by atoms with van der Waals surface area (Å²) < 4.78 is 5.70. The van der Waals surface area contributed by atoms with E-state index in [9.17, 15) is 5.11 Å². The molecule has 5 heteroatoms. The molecule has 1 atom stereocenters. The Kier molecular flexibility index (Phi) is 6.59. The smallest absolute Gasteiger partial charge is 0.126 e. The predicted octanol–water partition coefficient (Wildman–Crippen LogP) is -1.37. The van der Waals surface area contributed by atoms with Gasteiger partial charge in [0, 0.05) is 10.6 Å². The van der Waals surface area contributed by atoms with Crippen molar-refractivity contribution in [3.63, 3.8) is 0 Å². The molecule has 0 fully saturated rings. The van der Waals surface area contributed by atoms with Crippen LogP contribution < -0.4 is 22.0 Å². The van der Waals surface area contributed by atoms with E-state index in [0.717, 1.165) is 43.5 Å². The summed E-state index contributed by atoms with van der Waals surface area (Å²) >= 11 is 6.00. The molecule has 1 aliphatic rings. The molecular formula is C15H23Cl2NO2. The SMILES string of the molecule is C[NH+](C)CCCC1(O)CCCOc2cc(Cl)ccc21.[Cl-]. The molecule has 0 aliphatic carbocycles. The van der Waals surface area contributed by atoms with Crippen molar-refractivity contribution in [3.05, 3.63) is 28.8 Å². The standard InChI is InChI=1S/C15H22ClNO2.ClH/c1-17(2)9-3-7-15(18)8-4-10-19-14-11-12(16)5-6-13(14)15;/h5-6,11,18H,3-4,7-10H2,1-2H3;1H. The van der Waals surface area contributed by atoms with Crippen LogP contribution in [0.2, 0.25) is 5.02 Å². The number of ether oxygens (including phenoxy) is 1. The molecule has 0 saturated carbocycles. The average Bonchev–Trinajstić information content (AvgIpc) is 2.48. The first-order valence-electron chi connectivity index (χ1n) is 6.95. The lowest BCUT2D eigenvalue weighted by Gasteiger charge is -2.28. The number of rotatable bonds is 4. The fraction of sp³-hybridized carbons (Fsp3) is 0.600. The zero-order valence-corrected chi connectivity index (χ0v) is 13.6. The van der Waals surface area contributed by atoms with Crippen molar-refractivity contribution in [2.24, 2.45) is 0 Å². The molecule has 1 aliphatic heterocycles. The van der Waals surface area contributed by atoms with Crippen molar-refractivity contribution in [1.82, 2.24) is 0 Å². The van der Waals surface area contributed by atoms with Crippen molar-refractivity contribution in [3.8, 4) is 5.75 Å². The third-order valence-electron chi connectivity index (χ3n) is 3.70. The lowest BCUT2D eigenvalue weighted by atomic mass is 9.85. The molecule has 0 bridgehead atoms. The van der Waals surface area contributed by atoms with Gasteiger partial charge in [0.05, 0.1) is 32.8 Å². The summed E-state index contributed by atoms with van der Waals surface area (Å²) in [4.78, 5) is 1.41. The molecule has 0 saturated heterocycles. The van der Waals surface area contributed by atoms with Gasteiger partial charge in [-0.15, -0.1) is 0 Å². The van der Waals surface area contributed by atoms with Crippen LogP contribution in [0.25, 0.3) is 0 Å². The molecule has 0 amide bonds. The van der Waals surface area contributed by atoms with Crippen LogP contribution in [-0.2, 0) is 5.60 Å². The van der Waals surface area contributed by atoms with Gasteiger partial charge in [0.2, 0.25) is 0 Å². The Balaban J connectivity index is 0.00000200. The minimum absolute atomic E-state index is 0. The van der Waals surface area contributed by atoms with E-state index in [1.54, 1.807) is 0 Å². The molecule has 2 N–H and O–H groups in total. The summed E-state index contributed by atoms with van der Waals surface area (Å²) in [5, 5.41) is 11.6. The predicted molar refractivity (Wildman–Crippen MR) is 77.0 cm³/mol. The third-order valence-corrected chi connectivity index (χ3v) is 3.94. The summed E-state index contributed by atoms with van der Waals surface area (Å²) in [6.07, 6.45) is 3.40. The molecule has 114 valence electrons. The second kappa shape index (κ2) is 7.51. The number of quaternary nitrogens is 1. The molecule has 1 unspecified atom stereocenters. The maximum atomic E-state index is 11.0. The first-order valence-corrected chi connectivity index (χ1v) is 7.33. The van der Waals surface area contributed by atoms with Crippen LogP contribution in [0.15, 0.2) is 18.2 Å². The van der Waals surface area contributed by atoms with E-state index >= 15 is 0 Å². The van der Waals surface area contributed by atoms with E-state index in [1.807, 2.05) is 18.2 Å². The summed E-state index contributed by atoms with van der Waals surface area (Å²) in [6.45, 7) is 1.71. The molecule has 0 spiro atoms. The minimum Gasteiger partial charge on any atom is -1.00 e. The van der Waals surface area contributed by atoms with Gasteiger partial charge >= 0.3 is 0 Å². The fourth-order valence-electron chi connectivity index (χ4n) is 2.68. The highest BCUT2D eigenvalue weighted by atomic mass is 35.5. The van der Waals surface area contributed by atoms with Gasteiger partial charge in [-0.2, -0.15) is 0 Å². The van der Waals surface area contributed by atoms with Crippen LogP contribution in [0, 0.1) is 0 Å². The topological polar surface area (TPSA) is 33.9 Å². The monoisotopic (exact) mass is 319 g/mol. The number of hydrogen-bond donors (Lipinski definition) is 2. The number of benzene rings is 1. The minimum atomic E-state index is -0.772. The van der Waals surface area contributed by atoms with E-state index in [2.05, 4.69) is 14.1 Å². The van der Waals surface area contributed by atoms with Gasteiger partial charge in [-0.3, -0.25) is 0 Å². The molecule has 2 rings (SSSR count). The van der Waals surface area contributed by atoms with Crippen LogP contribution in [0.5, 0.6) is 5.75 Å². The molecule has 0 aromatic heterocycles. The Bertz CT molecular complexity index is 440. The molecular weight excluding hydrogens is 297 g/mol. The van der Waals surface area contributed by atoms with Crippen LogP contribution in [0.3, 0.4) is 0 Å². The lowest BCUT2D eigenvalue weighted by molar-refractivity contribution is -0.858. The Labute approximate surface area is 132 Å². The summed E-state index contributed by atoms with van der Waals surface area (Å²) in [6, 6.07) is 5.55. The fourth-order valence-corrected chi connectivity index (χ4v) is 2.84. The van der Waals surface area contributed by atoms with E-state index in [1.165, 1.54) is 4.90 Å². The van der Waals surface area contributed by atoms with Crippen molar-refractivity contribution >= 4 is 11.6 Å². The van der Waals surface area contributed by atoms with E-state index in [0.29, 0.717) is 11.6 Å². The molecule has 0 radical (unpaired) electrons. The first-order chi connectivity index (χ1) is 9.01. The van der Waals surface area contributed by atoms with Gasteiger partial charge in [0.1, 0.15) is 5.75 Å². The number of aliphatic hydroxyl groups is 1. The zero-order valence-electron chi connectivity index (χ0n) is 12.1. The summed E-state index contributed by atoms with van der Waals surface area (Å²) in [5.74, 6) is 0.740. The van der Waals surface area contributed by atoms with Crippen LogP contribution in [0.1, 0.15) is 31.2 Å². The molecule has 1 aromatic carbocycles. The third kappa shape index (κ3) is 4.26. The highest BCUT2D eigenvalue weighted by Crippen LogP contribution is 2.40. The zero-order chi connectivity index (χ0) is 13.9. The van der Waals surface area contributed by atoms with Crippen molar-refractivity contribution in [2.45, 2.75) is 31.3 Å². The Morgan fingerprint density at radius 3 is 2.85 bits per heavy atom. The van der Waals surface area contributed by atoms with Crippen LogP contribution in [0.4, 0.5) is 0 Å². The van der Waals surface area contributed by atoms with Crippen LogP contribution in [-0.4, -0.2) is 32.4 Å². The van der Waals surface area contributed by atoms with Gasteiger partial charge in [-0.25, -0.2) is 0 Å². The highest BCUT2D eigenvalue weighted by Gasteiger charge is 2.33. The number of hydrogen-bond acceptors (Lipinski definition) is 2. The van der Waals surface area contributed by atoms with E-state index < -0.39 is 5.60 Å². The Hall–Kier alpha value is -0.480. The van der Waals surface area contributed by atoms with Crippen molar-refractivity contribution in [2.75, 3.05) is 27.2 Å². The van der Waals surface area contributed by atoms with E-state index in [-0.39, 0.29) is 12.4 Å². The quantitative estimate of drug-likeness (QED) is 0.718. The van der Waals surface area contributed by atoms with Gasteiger partial charge in [0.15, 0.2) is 0 Å². The molecule has 20 heavy (non-hydrogen) atoms. The van der Waals surface area contributed by atoms with Crippen molar-refractivity contribution in [1.29, 1.82) is 0 Å². The second-order valence-electron chi connectivity index (χ2n) is 5.68.